The highest BCUT2D eigenvalue weighted by atomic mass is 15.4. The van der Waals surface area contributed by atoms with Gasteiger partial charge in [0.05, 0.1) is 0 Å². The zero-order valence-corrected chi connectivity index (χ0v) is 11.6. The molecule has 0 saturated carbocycles. The van der Waals surface area contributed by atoms with Crippen molar-refractivity contribution in [3.63, 3.8) is 0 Å². The number of hydrogen-bond acceptors (Lipinski definition) is 3. The van der Waals surface area contributed by atoms with Gasteiger partial charge in [0.25, 0.3) is 0 Å². The van der Waals surface area contributed by atoms with Crippen molar-refractivity contribution in [1.82, 2.24) is 5.01 Å². The van der Waals surface area contributed by atoms with Gasteiger partial charge >= 0.3 is 0 Å². The number of unbranched alkanes of at least 4 members (excludes halogenated alkanes) is 4. The lowest BCUT2D eigenvalue weighted by Gasteiger charge is -2.20. The van der Waals surface area contributed by atoms with Crippen molar-refractivity contribution >= 4 is 0 Å². The molecular weight excluding hydrogens is 198 g/mol. The summed E-state index contributed by atoms with van der Waals surface area (Å²) in [6.07, 6.45) is 8.87. The van der Waals surface area contributed by atoms with Crippen LogP contribution in [-0.2, 0) is 0 Å². The maximum absolute atomic E-state index is 5.84. The minimum atomic E-state index is 0.905. The second kappa shape index (κ2) is 14.3. The Morgan fingerprint density at radius 1 is 1.06 bits per heavy atom. The van der Waals surface area contributed by atoms with Crippen molar-refractivity contribution in [2.75, 3.05) is 6.54 Å². The predicted octanol–water partition coefficient (Wildman–Crippen LogP) is 3.37. The number of allylic oxidation sites excluding steroid dienone is 1. The fourth-order valence-corrected chi connectivity index (χ4v) is 1.45. The van der Waals surface area contributed by atoms with Gasteiger partial charge in [-0.25, -0.2) is 5.84 Å². The molecule has 3 nitrogen and oxygen atoms in total. The van der Waals surface area contributed by atoms with Crippen LogP contribution in [0.25, 0.3) is 0 Å². The third-order valence-corrected chi connectivity index (χ3v) is 2.43. The Labute approximate surface area is 102 Å². The minimum Gasteiger partial charge on any atom is -0.403 e. The maximum atomic E-state index is 5.84. The Morgan fingerprint density at radius 2 is 1.62 bits per heavy atom. The van der Waals surface area contributed by atoms with Gasteiger partial charge in [-0.3, -0.25) is 0 Å². The van der Waals surface area contributed by atoms with Crippen LogP contribution in [0.2, 0.25) is 0 Å². The first-order valence-electron chi connectivity index (χ1n) is 6.69. The van der Waals surface area contributed by atoms with Gasteiger partial charge < -0.3 is 10.7 Å². The van der Waals surface area contributed by atoms with Crippen molar-refractivity contribution in [3.05, 3.63) is 11.9 Å². The van der Waals surface area contributed by atoms with Gasteiger partial charge in [-0.05, 0) is 12.8 Å². The molecule has 98 valence electrons. The second-order valence-electron chi connectivity index (χ2n) is 3.62. The number of rotatable bonds is 8. The molecule has 4 N–H and O–H groups in total. The maximum Gasteiger partial charge on any atom is 0.0442 e. The third-order valence-electron chi connectivity index (χ3n) is 2.43. The smallest absolute Gasteiger partial charge is 0.0442 e. The van der Waals surface area contributed by atoms with Crippen LogP contribution in [0.1, 0.15) is 66.2 Å². The fourth-order valence-electron chi connectivity index (χ4n) is 1.45. The summed E-state index contributed by atoms with van der Waals surface area (Å²) in [5.74, 6) is 5.84. The van der Waals surface area contributed by atoms with Gasteiger partial charge in [-0.15, -0.1) is 0 Å². The minimum absolute atomic E-state index is 0.905. The van der Waals surface area contributed by atoms with Crippen molar-refractivity contribution in [3.8, 4) is 0 Å². The average Bonchev–Trinajstić information content (AvgIpc) is 2.33. The first-order valence-corrected chi connectivity index (χ1v) is 6.69. The third kappa shape index (κ3) is 9.84. The normalized spacial score (nSPS) is 10.7. The molecule has 0 rings (SSSR count). The van der Waals surface area contributed by atoms with Crippen molar-refractivity contribution < 1.29 is 0 Å². The summed E-state index contributed by atoms with van der Waals surface area (Å²) in [5.41, 5.74) is 6.48. The molecule has 0 aromatic heterocycles. The van der Waals surface area contributed by atoms with Gasteiger partial charge in [-0.2, -0.15) is 0 Å². The Balaban J connectivity index is 0. The van der Waals surface area contributed by atoms with E-state index in [9.17, 15) is 0 Å². The van der Waals surface area contributed by atoms with Crippen molar-refractivity contribution in [1.29, 1.82) is 0 Å². The van der Waals surface area contributed by atoms with E-state index in [-0.39, 0.29) is 0 Å². The lowest BCUT2D eigenvalue weighted by atomic mass is 10.1. The van der Waals surface area contributed by atoms with E-state index >= 15 is 0 Å². The zero-order valence-electron chi connectivity index (χ0n) is 11.6. The Kier molecular flexibility index (Phi) is 15.8. The molecule has 0 aliphatic rings. The van der Waals surface area contributed by atoms with E-state index in [2.05, 4.69) is 13.8 Å². The van der Waals surface area contributed by atoms with E-state index in [0.29, 0.717) is 0 Å². The molecular formula is C13H31N3. The van der Waals surface area contributed by atoms with Gasteiger partial charge in [-0.1, -0.05) is 53.4 Å². The lowest BCUT2D eigenvalue weighted by molar-refractivity contribution is 0.336. The van der Waals surface area contributed by atoms with Gasteiger partial charge in [0, 0.05) is 18.4 Å². The highest BCUT2D eigenvalue weighted by Gasteiger charge is 2.01. The lowest BCUT2D eigenvalue weighted by Crippen LogP contribution is -2.31. The van der Waals surface area contributed by atoms with Crippen LogP contribution >= 0.6 is 0 Å². The Hall–Kier alpha value is -0.700. The molecule has 0 aromatic rings. The molecule has 0 bridgehead atoms. The summed E-state index contributed by atoms with van der Waals surface area (Å²) in [7, 11) is 0. The molecule has 0 fully saturated rings. The molecule has 16 heavy (non-hydrogen) atoms. The quantitative estimate of drug-likeness (QED) is 0.381. The van der Waals surface area contributed by atoms with Crippen molar-refractivity contribution in [2.24, 2.45) is 11.6 Å². The fraction of sp³-hybridized carbons (Fsp3) is 0.846. The number of nitrogens with two attached hydrogens (primary N) is 2. The van der Waals surface area contributed by atoms with E-state index in [0.717, 1.165) is 25.1 Å². The first kappa shape index (κ1) is 17.7. The van der Waals surface area contributed by atoms with Gasteiger partial charge in [0.2, 0.25) is 0 Å². The van der Waals surface area contributed by atoms with Crippen LogP contribution in [-0.4, -0.2) is 11.6 Å². The topological polar surface area (TPSA) is 55.3 Å². The second-order valence-corrected chi connectivity index (χ2v) is 3.62. The summed E-state index contributed by atoms with van der Waals surface area (Å²) in [5, 5.41) is 1.77. The molecule has 0 saturated heterocycles. The van der Waals surface area contributed by atoms with E-state index in [1.807, 2.05) is 13.8 Å². The molecule has 0 aromatic carbocycles. The molecule has 0 spiro atoms. The van der Waals surface area contributed by atoms with Crippen LogP contribution in [0.15, 0.2) is 11.9 Å². The highest BCUT2D eigenvalue weighted by molar-refractivity contribution is 4.95. The molecule has 0 radical (unpaired) electrons. The van der Waals surface area contributed by atoms with E-state index in [4.69, 9.17) is 11.6 Å². The molecule has 0 aliphatic heterocycles. The number of hydrogen-bond donors (Lipinski definition) is 2. The molecule has 0 heterocycles. The van der Waals surface area contributed by atoms with Crippen LogP contribution in [0.5, 0.6) is 0 Å². The Bertz CT molecular complexity index is 155. The monoisotopic (exact) mass is 229 g/mol. The largest absolute Gasteiger partial charge is 0.403 e. The number of nitrogens with zero attached hydrogens (tertiary/aromatic N) is 1. The number of hydrazine groups is 1. The summed E-state index contributed by atoms with van der Waals surface area (Å²) in [6, 6.07) is 0. The standard InChI is InChI=1S/C11H25N3.C2H6/c1-3-5-6-7-8-9-14(13)11(4-2)10-12;1-2/h10H,3-9,12-13H2,1-2H3;1-2H3/b11-10-;. The predicted molar refractivity (Wildman–Crippen MR) is 73.6 cm³/mol. The van der Waals surface area contributed by atoms with E-state index in [1.165, 1.54) is 25.7 Å². The van der Waals surface area contributed by atoms with Crippen LogP contribution in [0.3, 0.4) is 0 Å². The SMILES string of the molecule is CC.CCCCCCCN(N)/C(=C\N)CC. The molecule has 0 atom stereocenters. The summed E-state index contributed by atoms with van der Waals surface area (Å²) in [4.78, 5) is 0. The van der Waals surface area contributed by atoms with Gasteiger partial charge in [0.15, 0.2) is 0 Å². The summed E-state index contributed by atoms with van der Waals surface area (Å²) >= 11 is 0. The van der Waals surface area contributed by atoms with E-state index in [1.54, 1.807) is 11.2 Å². The average molecular weight is 229 g/mol. The zero-order chi connectivity index (χ0) is 12.8. The summed E-state index contributed by atoms with van der Waals surface area (Å²) < 4.78 is 0. The molecule has 0 unspecified atom stereocenters. The molecule has 0 amide bonds. The van der Waals surface area contributed by atoms with Crippen LogP contribution in [0.4, 0.5) is 0 Å². The Morgan fingerprint density at radius 3 is 2.06 bits per heavy atom. The van der Waals surface area contributed by atoms with Gasteiger partial charge in [0.1, 0.15) is 0 Å². The van der Waals surface area contributed by atoms with E-state index < -0.39 is 0 Å². The highest BCUT2D eigenvalue weighted by Crippen LogP contribution is 2.06. The van der Waals surface area contributed by atoms with Crippen molar-refractivity contribution in [2.45, 2.75) is 66.2 Å². The molecule has 0 aliphatic carbocycles. The van der Waals surface area contributed by atoms with Crippen LogP contribution < -0.4 is 11.6 Å². The summed E-state index contributed by atoms with van der Waals surface area (Å²) in [6.45, 7) is 9.21. The molecule has 3 heteroatoms. The first-order chi connectivity index (χ1) is 7.76. The van der Waals surface area contributed by atoms with Crippen LogP contribution in [0, 0.1) is 0 Å².